The van der Waals surface area contributed by atoms with Crippen molar-refractivity contribution in [3.05, 3.63) is 65.7 Å². The third-order valence-corrected chi connectivity index (χ3v) is 4.69. The molecule has 0 N–H and O–H groups in total. The predicted octanol–water partition coefficient (Wildman–Crippen LogP) is 3.51. The van der Waals surface area contributed by atoms with Crippen molar-refractivity contribution < 1.29 is 14.3 Å². The number of likely N-dealkylation sites (tertiary alicyclic amines) is 1. The maximum atomic E-state index is 12.3. The van der Waals surface area contributed by atoms with Gasteiger partial charge in [-0.25, -0.2) is 0 Å². The molecule has 0 spiro atoms. The highest BCUT2D eigenvalue weighted by atomic mass is 35.5. The zero-order chi connectivity index (χ0) is 16.9. The van der Waals surface area contributed by atoms with Crippen LogP contribution in [0.25, 0.3) is 0 Å². The number of hydrogen-bond acceptors (Lipinski definition) is 4. The first-order chi connectivity index (χ1) is 11.7. The molecule has 1 heterocycles. The van der Waals surface area contributed by atoms with Gasteiger partial charge in [0.15, 0.2) is 0 Å². The lowest BCUT2D eigenvalue weighted by atomic mass is 9.88. The van der Waals surface area contributed by atoms with Crippen LogP contribution in [0.2, 0.25) is 0 Å². The number of methoxy groups -OCH3 is 2. The molecular formula is C20H24ClNO3. The molecule has 0 saturated carbocycles. The molecule has 2 aromatic rings. The van der Waals surface area contributed by atoms with E-state index in [1.54, 1.807) is 7.11 Å². The van der Waals surface area contributed by atoms with Gasteiger partial charge in [-0.15, -0.1) is 12.4 Å². The fourth-order valence-corrected chi connectivity index (χ4v) is 3.53. The molecule has 134 valence electrons. The van der Waals surface area contributed by atoms with Crippen molar-refractivity contribution in [1.29, 1.82) is 0 Å². The van der Waals surface area contributed by atoms with E-state index in [9.17, 15) is 4.79 Å². The van der Waals surface area contributed by atoms with Crippen LogP contribution in [0.5, 0.6) is 5.75 Å². The van der Waals surface area contributed by atoms with E-state index in [2.05, 4.69) is 17.0 Å². The maximum absolute atomic E-state index is 12.3. The zero-order valence-corrected chi connectivity index (χ0v) is 15.4. The largest absolute Gasteiger partial charge is 0.496 e. The Morgan fingerprint density at radius 3 is 2.40 bits per heavy atom. The molecule has 3 rings (SSSR count). The molecule has 4 nitrogen and oxygen atoms in total. The van der Waals surface area contributed by atoms with Crippen molar-refractivity contribution in [3.8, 4) is 5.75 Å². The van der Waals surface area contributed by atoms with Crippen molar-refractivity contribution in [2.24, 2.45) is 5.92 Å². The molecule has 2 aromatic carbocycles. The van der Waals surface area contributed by atoms with E-state index < -0.39 is 0 Å². The fourth-order valence-electron chi connectivity index (χ4n) is 3.53. The summed E-state index contributed by atoms with van der Waals surface area (Å²) in [5.74, 6) is 0.590. The number of hydrogen-bond donors (Lipinski definition) is 0. The van der Waals surface area contributed by atoms with Gasteiger partial charge in [0.25, 0.3) is 0 Å². The van der Waals surface area contributed by atoms with Gasteiger partial charge in [0.1, 0.15) is 5.75 Å². The van der Waals surface area contributed by atoms with Crippen LogP contribution in [0.15, 0.2) is 54.6 Å². The van der Waals surface area contributed by atoms with Gasteiger partial charge in [-0.2, -0.15) is 0 Å². The van der Waals surface area contributed by atoms with Crippen molar-refractivity contribution >= 4 is 18.4 Å². The third-order valence-electron chi connectivity index (χ3n) is 4.69. The minimum Gasteiger partial charge on any atom is -0.496 e. The number of benzene rings is 2. The summed E-state index contributed by atoms with van der Waals surface area (Å²) >= 11 is 0. The summed E-state index contributed by atoms with van der Waals surface area (Å²) < 4.78 is 10.6. The van der Waals surface area contributed by atoms with Gasteiger partial charge in [0.05, 0.1) is 20.1 Å². The van der Waals surface area contributed by atoms with Crippen molar-refractivity contribution in [2.45, 2.75) is 12.5 Å². The second kappa shape index (κ2) is 8.88. The zero-order valence-electron chi connectivity index (χ0n) is 14.6. The van der Waals surface area contributed by atoms with Crippen molar-refractivity contribution in [2.75, 3.05) is 27.3 Å². The summed E-state index contributed by atoms with van der Waals surface area (Å²) in [7, 11) is 3.13. The van der Waals surface area contributed by atoms with Crippen LogP contribution in [-0.2, 0) is 16.1 Å². The van der Waals surface area contributed by atoms with Crippen LogP contribution in [0.1, 0.15) is 17.0 Å². The lowest BCUT2D eigenvalue weighted by Gasteiger charge is -2.19. The molecule has 1 saturated heterocycles. The summed E-state index contributed by atoms with van der Waals surface area (Å²) in [6, 6.07) is 18.3. The summed E-state index contributed by atoms with van der Waals surface area (Å²) in [6.07, 6.45) is 0. The topological polar surface area (TPSA) is 38.8 Å². The predicted molar refractivity (Wildman–Crippen MR) is 100 cm³/mol. The number of carbonyl (C=O) groups is 1. The Morgan fingerprint density at radius 1 is 1.04 bits per heavy atom. The minimum atomic E-state index is -0.171. The fraction of sp³-hybridized carbons (Fsp3) is 0.350. The number of para-hydroxylation sites is 1. The summed E-state index contributed by atoms with van der Waals surface area (Å²) in [5.41, 5.74) is 2.33. The van der Waals surface area contributed by atoms with Crippen LogP contribution < -0.4 is 4.74 Å². The molecule has 1 aliphatic heterocycles. The van der Waals surface area contributed by atoms with Crippen molar-refractivity contribution in [3.63, 3.8) is 0 Å². The molecule has 0 aromatic heterocycles. The Bertz CT molecular complexity index is 692. The van der Waals surface area contributed by atoms with E-state index in [-0.39, 0.29) is 30.2 Å². The van der Waals surface area contributed by atoms with Gasteiger partial charge < -0.3 is 9.47 Å². The Hall–Kier alpha value is -2.04. The monoisotopic (exact) mass is 361 g/mol. The summed E-state index contributed by atoms with van der Waals surface area (Å²) in [6.45, 7) is 2.35. The SMILES string of the molecule is COC(=O)[C@H]1CN(Cc2ccccc2)C[C@@H]1c1ccccc1OC.Cl. The van der Waals surface area contributed by atoms with E-state index in [0.717, 1.165) is 24.4 Å². The van der Waals surface area contributed by atoms with Crippen molar-refractivity contribution in [1.82, 2.24) is 4.90 Å². The number of ether oxygens (including phenoxy) is 2. The Labute approximate surface area is 155 Å². The van der Waals surface area contributed by atoms with Gasteiger partial charge in [-0.3, -0.25) is 9.69 Å². The van der Waals surface area contributed by atoms with Gasteiger partial charge in [-0.05, 0) is 17.2 Å². The molecule has 1 fully saturated rings. The number of halogens is 1. The van der Waals surface area contributed by atoms with E-state index in [1.165, 1.54) is 12.7 Å². The molecule has 0 unspecified atom stereocenters. The van der Waals surface area contributed by atoms with Gasteiger partial charge in [0, 0.05) is 25.6 Å². The van der Waals surface area contributed by atoms with Gasteiger partial charge in [0.2, 0.25) is 0 Å². The first kappa shape index (κ1) is 19.3. The molecule has 0 radical (unpaired) electrons. The number of nitrogens with zero attached hydrogens (tertiary/aromatic N) is 1. The highest BCUT2D eigenvalue weighted by Crippen LogP contribution is 2.38. The standard InChI is InChI=1S/C20H23NO3.ClH/c1-23-19-11-7-6-10-16(19)17-13-21(14-18(17)20(22)24-2)12-15-8-4-3-5-9-15;/h3-11,17-18H,12-14H2,1-2H3;1H/t17-,18+;/m1./s1. The van der Waals surface area contributed by atoms with Crippen LogP contribution in [-0.4, -0.2) is 38.2 Å². The van der Waals surface area contributed by atoms with Gasteiger partial charge in [-0.1, -0.05) is 48.5 Å². The first-order valence-electron chi connectivity index (χ1n) is 8.20. The normalized spacial score (nSPS) is 19.9. The Kier molecular flexibility index (Phi) is 6.85. The minimum absolute atomic E-state index is 0. The second-order valence-electron chi connectivity index (χ2n) is 6.16. The molecule has 1 aliphatic rings. The molecule has 5 heteroatoms. The van der Waals surface area contributed by atoms with Crippen LogP contribution >= 0.6 is 12.4 Å². The summed E-state index contributed by atoms with van der Waals surface area (Å²) in [4.78, 5) is 14.6. The molecule has 25 heavy (non-hydrogen) atoms. The number of rotatable bonds is 5. The van der Waals surface area contributed by atoms with Crippen LogP contribution in [0.4, 0.5) is 0 Å². The van der Waals surface area contributed by atoms with E-state index >= 15 is 0 Å². The van der Waals surface area contributed by atoms with Crippen LogP contribution in [0.3, 0.4) is 0 Å². The lowest BCUT2D eigenvalue weighted by Crippen LogP contribution is -2.24. The number of esters is 1. The highest BCUT2D eigenvalue weighted by Gasteiger charge is 2.40. The average Bonchev–Trinajstić information content (AvgIpc) is 3.05. The van der Waals surface area contributed by atoms with E-state index in [4.69, 9.17) is 9.47 Å². The Balaban J connectivity index is 0.00000225. The van der Waals surface area contributed by atoms with Gasteiger partial charge >= 0.3 is 5.97 Å². The van der Waals surface area contributed by atoms with Crippen LogP contribution in [0, 0.1) is 5.92 Å². The molecule has 0 bridgehead atoms. The lowest BCUT2D eigenvalue weighted by molar-refractivity contribution is -0.145. The van der Waals surface area contributed by atoms with E-state index in [0.29, 0.717) is 6.54 Å². The number of carbonyl (C=O) groups excluding carboxylic acids is 1. The van der Waals surface area contributed by atoms with E-state index in [1.807, 2.05) is 42.5 Å². The highest BCUT2D eigenvalue weighted by molar-refractivity contribution is 5.85. The smallest absolute Gasteiger partial charge is 0.310 e. The molecule has 0 aliphatic carbocycles. The molecule has 0 amide bonds. The maximum Gasteiger partial charge on any atom is 0.310 e. The quantitative estimate of drug-likeness (QED) is 0.764. The average molecular weight is 362 g/mol. The molecular weight excluding hydrogens is 338 g/mol. The first-order valence-corrected chi connectivity index (χ1v) is 8.20. The summed E-state index contributed by atoms with van der Waals surface area (Å²) in [5, 5.41) is 0. The molecule has 2 atom stereocenters. The second-order valence-corrected chi connectivity index (χ2v) is 6.16. The Morgan fingerprint density at radius 2 is 1.72 bits per heavy atom. The third kappa shape index (κ3) is 4.33.